The smallest absolute Gasteiger partial charge is 0.400 e. The third-order valence-corrected chi connectivity index (χ3v) is 2.83. The quantitative estimate of drug-likeness (QED) is 0.365. The van der Waals surface area contributed by atoms with Crippen molar-refractivity contribution >= 4 is 29.4 Å². The molecule has 0 aliphatic carbocycles. The van der Waals surface area contributed by atoms with Gasteiger partial charge in [0.1, 0.15) is 11.7 Å². The van der Waals surface area contributed by atoms with E-state index >= 15 is 0 Å². The highest BCUT2D eigenvalue weighted by molar-refractivity contribution is 7.80. The number of aliphatic hydroxyl groups excluding tert-OH is 1. The molecule has 0 radical (unpaired) electrons. The Morgan fingerprint density at radius 3 is 2.94 bits per heavy atom. The summed E-state index contributed by atoms with van der Waals surface area (Å²) in [5.74, 6) is -0.0654. The molecule has 2 rings (SSSR count). The van der Waals surface area contributed by atoms with Gasteiger partial charge in [0, 0.05) is 6.54 Å². The van der Waals surface area contributed by atoms with E-state index in [4.69, 9.17) is 21.7 Å². The number of hydrogen-bond donors (Lipinski definition) is 1. The molecule has 1 aliphatic rings. The third-order valence-electron chi connectivity index (χ3n) is 2.36. The van der Waals surface area contributed by atoms with Gasteiger partial charge in [0.15, 0.2) is 10.9 Å². The minimum absolute atomic E-state index is 0.156. The van der Waals surface area contributed by atoms with Crippen LogP contribution in [0.4, 0.5) is 5.88 Å². The van der Waals surface area contributed by atoms with E-state index in [1.165, 1.54) is 23.4 Å². The van der Waals surface area contributed by atoms with Crippen LogP contribution in [0.1, 0.15) is 5.76 Å². The zero-order valence-corrected chi connectivity index (χ0v) is 10.0. The molecule has 1 fully saturated rings. The number of nitrogens with zero attached hydrogens (tertiary/aromatic N) is 4. The molecule has 1 N–H and O–H groups in total. The van der Waals surface area contributed by atoms with Crippen molar-refractivity contribution < 1.29 is 14.4 Å². The molecule has 0 atom stereocenters. The molecule has 0 saturated carbocycles. The summed E-state index contributed by atoms with van der Waals surface area (Å²) in [6.45, 7) is 0.987. The second-order valence-electron chi connectivity index (χ2n) is 3.49. The molecular weight excluding hydrogens is 260 g/mol. The van der Waals surface area contributed by atoms with E-state index in [0.29, 0.717) is 18.2 Å². The van der Waals surface area contributed by atoms with Crippen LogP contribution >= 0.6 is 12.2 Å². The van der Waals surface area contributed by atoms with E-state index in [9.17, 15) is 10.1 Å². The van der Waals surface area contributed by atoms with E-state index in [1.54, 1.807) is 4.90 Å². The monoisotopic (exact) mass is 270 g/mol. The zero-order valence-electron chi connectivity index (χ0n) is 9.22. The number of aliphatic hydroxyl groups is 1. The normalized spacial score (nSPS) is 15.9. The molecule has 1 aromatic rings. The standard InChI is InChI=1S/C9H10N4O4S/c14-6-11-3-4-12(9(11)18)10-5-7-1-2-8(17-7)13(15)16/h1-2,5,14H,3-4,6H2. The van der Waals surface area contributed by atoms with Crippen LogP contribution in [0.5, 0.6) is 0 Å². The summed E-state index contributed by atoms with van der Waals surface area (Å²) >= 11 is 5.06. The van der Waals surface area contributed by atoms with Crippen molar-refractivity contribution in [3.05, 3.63) is 28.0 Å². The number of hydrogen-bond acceptors (Lipinski definition) is 6. The molecule has 1 aliphatic heterocycles. The van der Waals surface area contributed by atoms with Gasteiger partial charge >= 0.3 is 5.88 Å². The first-order valence-electron chi connectivity index (χ1n) is 5.07. The first kappa shape index (κ1) is 12.5. The summed E-state index contributed by atoms with van der Waals surface area (Å²) < 4.78 is 4.91. The Bertz CT molecular complexity index is 501. The maximum atomic E-state index is 10.4. The molecule has 9 heteroatoms. The lowest BCUT2D eigenvalue weighted by Crippen LogP contribution is -2.29. The predicted octanol–water partition coefficient (Wildman–Crippen LogP) is 0.374. The van der Waals surface area contributed by atoms with Gasteiger partial charge in [0.25, 0.3) is 0 Å². The summed E-state index contributed by atoms with van der Waals surface area (Å²) in [4.78, 5) is 11.4. The molecule has 0 amide bonds. The van der Waals surface area contributed by atoms with Crippen molar-refractivity contribution in [1.29, 1.82) is 0 Å². The number of hydrazone groups is 1. The fraction of sp³-hybridized carbons (Fsp3) is 0.333. The highest BCUT2D eigenvalue weighted by Gasteiger charge is 2.23. The van der Waals surface area contributed by atoms with Crippen LogP contribution in [0.2, 0.25) is 0 Å². The van der Waals surface area contributed by atoms with Crippen LogP contribution in [0, 0.1) is 10.1 Å². The van der Waals surface area contributed by atoms with Crippen LogP contribution in [0.15, 0.2) is 21.7 Å². The molecule has 8 nitrogen and oxygen atoms in total. The van der Waals surface area contributed by atoms with Gasteiger partial charge < -0.3 is 14.4 Å². The van der Waals surface area contributed by atoms with E-state index in [2.05, 4.69) is 5.10 Å². The Kier molecular flexibility index (Phi) is 3.53. The van der Waals surface area contributed by atoms with Gasteiger partial charge in [-0.05, 0) is 18.3 Å². The number of furan rings is 1. The fourth-order valence-corrected chi connectivity index (χ4v) is 1.73. The van der Waals surface area contributed by atoms with E-state index in [1.807, 2.05) is 0 Å². The summed E-state index contributed by atoms with van der Waals surface area (Å²) in [5, 5.41) is 25.3. The number of thiocarbonyl (C=S) groups is 1. The van der Waals surface area contributed by atoms with Gasteiger partial charge in [0.2, 0.25) is 0 Å². The van der Waals surface area contributed by atoms with Crippen molar-refractivity contribution in [3.8, 4) is 0 Å². The van der Waals surface area contributed by atoms with Crippen LogP contribution in [-0.2, 0) is 0 Å². The summed E-state index contributed by atoms with van der Waals surface area (Å²) in [6, 6.07) is 2.70. The highest BCUT2D eigenvalue weighted by Crippen LogP contribution is 2.14. The topological polar surface area (TPSA) is 95.4 Å². The third kappa shape index (κ3) is 2.46. The minimum atomic E-state index is -0.620. The van der Waals surface area contributed by atoms with E-state index < -0.39 is 4.92 Å². The molecule has 18 heavy (non-hydrogen) atoms. The number of rotatable bonds is 4. The van der Waals surface area contributed by atoms with Crippen LogP contribution in [-0.4, -0.2) is 51.1 Å². The lowest BCUT2D eigenvalue weighted by Gasteiger charge is -2.14. The number of nitro groups is 1. The summed E-state index contributed by atoms with van der Waals surface area (Å²) in [7, 11) is 0. The van der Waals surface area contributed by atoms with Crippen molar-refractivity contribution in [1.82, 2.24) is 9.91 Å². The Balaban J connectivity index is 2.02. The Hall–Kier alpha value is -2.00. The molecule has 0 unspecified atom stereocenters. The zero-order chi connectivity index (χ0) is 13.1. The molecule has 1 aromatic heterocycles. The molecule has 0 bridgehead atoms. The molecule has 0 spiro atoms. The van der Waals surface area contributed by atoms with Gasteiger partial charge in [-0.2, -0.15) is 5.10 Å². The van der Waals surface area contributed by atoms with Crippen molar-refractivity contribution in [2.45, 2.75) is 0 Å². The maximum Gasteiger partial charge on any atom is 0.433 e. The minimum Gasteiger partial charge on any atom is -0.400 e. The maximum absolute atomic E-state index is 10.4. The predicted molar refractivity (Wildman–Crippen MR) is 66.1 cm³/mol. The lowest BCUT2D eigenvalue weighted by molar-refractivity contribution is -0.402. The average molecular weight is 270 g/mol. The van der Waals surface area contributed by atoms with Crippen LogP contribution in [0.3, 0.4) is 0 Å². The Labute approximate surface area is 107 Å². The highest BCUT2D eigenvalue weighted by atomic mass is 32.1. The van der Waals surface area contributed by atoms with E-state index in [0.717, 1.165) is 0 Å². The Morgan fingerprint density at radius 1 is 1.61 bits per heavy atom. The fourth-order valence-electron chi connectivity index (χ4n) is 1.44. The van der Waals surface area contributed by atoms with Crippen molar-refractivity contribution in [2.75, 3.05) is 19.8 Å². The average Bonchev–Trinajstić information content (AvgIpc) is 2.93. The SMILES string of the molecule is O=[N+]([O-])c1ccc(C=NN2CCN(CO)C2=S)o1. The molecule has 1 saturated heterocycles. The Morgan fingerprint density at radius 2 is 2.39 bits per heavy atom. The van der Waals surface area contributed by atoms with Crippen molar-refractivity contribution in [2.24, 2.45) is 5.10 Å². The lowest BCUT2D eigenvalue weighted by atomic mass is 10.5. The summed E-state index contributed by atoms with van der Waals surface area (Å²) in [6.07, 6.45) is 1.35. The molecule has 96 valence electrons. The largest absolute Gasteiger partial charge is 0.433 e. The molecule has 0 aromatic carbocycles. The van der Waals surface area contributed by atoms with Gasteiger partial charge in [-0.1, -0.05) is 0 Å². The van der Waals surface area contributed by atoms with Gasteiger partial charge in [-0.25, -0.2) is 5.01 Å². The van der Waals surface area contributed by atoms with Gasteiger partial charge in [0.05, 0.1) is 18.8 Å². The van der Waals surface area contributed by atoms with Gasteiger partial charge in [-0.15, -0.1) is 0 Å². The van der Waals surface area contributed by atoms with Crippen LogP contribution < -0.4 is 0 Å². The van der Waals surface area contributed by atoms with Crippen molar-refractivity contribution in [3.63, 3.8) is 0 Å². The first-order chi connectivity index (χ1) is 8.61. The van der Waals surface area contributed by atoms with E-state index in [-0.39, 0.29) is 18.4 Å². The molecule has 2 heterocycles. The first-order valence-corrected chi connectivity index (χ1v) is 5.48. The second kappa shape index (κ2) is 5.10. The van der Waals surface area contributed by atoms with Gasteiger partial charge in [-0.3, -0.25) is 10.1 Å². The molecular formula is C9H10N4O4S. The second-order valence-corrected chi connectivity index (χ2v) is 3.85. The van der Waals surface area contributed by atoms with Crippen LogP contribution in [0.25, 0.3) is 0 Å². The summed E-state index contributed by atoms with van der Waals surface area (Å²) in [5.41, 5.74) is 0.